The molecular formula is C19H20N4OS. The van der Waals surface area contributed by atoms with Crippen molar-refractivity contribution in [2.24, 2.45) is 0 Å². The van der Waals surface area contributed by atoms with Crippen molar-refractivity contribution in [3.8, 4) is 10.4 Å². The fourth-order valence-corrected chi connectivity index (χ4v) is 3.72. The first kappa shape index (κ1) is 16.1. The molecule has 1 aliphatic rings. The molecule has 1 aliphatic heterocycles. The van der Waals surface area contributed by atoms with E-state index >= 15 is 0 Å². The molecule has 128 valence electrons. The van der Waals surface area contributed by atoms with Crippen molar-refractivity contribution in [3.63, 3.8) is 0 Å². The van der Waals surface area contributed by atoms with Crippen molar-refractivity contribution >= 4 is 23.1 Å². The van der Waals surface area contributed by atoms with Crippen LogP contribution in [0.4, 0.5) is 11.8 Å². The number of aromatic nitrogens is 2. The molecule has 0 bridgehead atoms. The predicted octanol–water partition coefficient (Wildman–Crippen LogP) is 3.65. The number of hydrogen-bond donors (Lipinski definition) is 1. The Kier molecular flexibility index (Phi) is 4.90. The van der Waals surface area contributed by atoms with Gasteiger partial charge in [-0.1, -0.05) is 30.3 Å². The summed E-state index contributed by atoms with van der Waals surface area (Å²) in [6.07, 6.45) is 1.81. The van der Waals surface area contributed by atoms with E-state index in [2.05, 4.69) is 56.6 Å². The molecule has 1 fully saturated rings. The van der Waals surface area contributed by atoms with E-state index in [9.17, 15) is 0 Å². The van der Waals surface area contributed by atoms with E-state index in [4.69, 9.17) is 4.74 Å². The average Bonchev–Trinajstić information content (AvgIpc) is 3.17. The summed E-state index contributed by atoms with van der Waals surface area (Å²) in [6, 6.07) is 16.7. The zero-order valence-corrected chi connectivity index (χ0v) is 14.7. The van der Waals surface area contributed by atoms with Gasteiger partial charge in [0, 0.05) is 29.0 Å². The molecule has 0 aliphatic carbocycles. The lowest BCUT2D eigenvalue weighted by Crippen LogP contribution is -2.37. The van der Waals surface area contributed by atoms with Crippen molar-refractivity contribution in [1.29, 1.82) is 0 Å². The predicted molar refractivity (Wildman–Crippen MR) is 102 cm³/mol. The second-order valence-electron chi connectivity index (χ2n) is 5.83. The molecule has 1 N–H and O–H groups in total. The first-order valence-corrected chi connectivity index (χ1v) is 9.24. The Balaban J connectivity index is 1.41. The minimum absolute atomic E-state index is 0.735. The first-order chi connectivity index (χ1) is 12.4. The molecule has 0 unspecified atom stereocenters. The Bertz CT molecular complexity index is 815. The number of anilines is 2. The summed E-state index contributed by atoms with van der Waals surface area (Å²) < 4.78 is 5.38. The zero-order valence-electron chi connectivity index (χ0n) is 13.9. The number of morpholine rings is 1. The van der Waals surface area contributed by atoms with Gasteiger partial charge in [0.15, 0.2) is 0 Å². The van der Waals surface area contributed by atoms with E-state index < -0.39 is 0 Å². The Morgan fingerprint density at radius 2 is 1.88 bits per heavy atom. The third kappa shape index (κ3) is 3.97. The van der Waals surface area contributed by atoms with Gasteiger partial charge in [-0.05, 0) is 23.8 Å². The summed E-state index contributed by atoms with van der Waals surface area (Å²) in [5.74, 6) is 1.62. The van der Waals surface area contributed by atoms with E-state index in [0.717, 1.165) is 44.6 Å². The van der Waals surface area contributed by atoms with E-state index in [0.29, 0.717) is 0 Å². The largest absolute Gasteiger partial charge is 0.378 e. The van der Waals surface area contributed by atoms with Crippen LogP contribution in [0.3, 0.4) is 0 Å². The minimum Gasteiger partial charge on any atom is -0.378 e. The number of nitrogens with zero attached hydrogens (tertiary/aromatic N) is 3. The summed E-state index contributed by atoms with van der Waals surface area (Å²) >= 11 is 1.80. The quantitative estimate of drug-likeness (QED) is 0.759. The van der Waals surface area contributed by atoms with Gasteiger partial charge < -0.3 is 15.0 Å². The molecule has 4 rings (SSSR count). The maximum atomic E-state index is 5.38. The van der Waals surface area contributed by atoms with Gasteiger partial charge in [-0.25, -0.2) is 4.98 Å². The Morgan fingerprint density at radius 3 is 2.72 bits per heavy atom. The number of benzene rings is 1. The number of hydrogen-bond acceptors (Lipinski definition) is 6. The lowest BCUT2D eigenvalue weighted by Gasteiger charge is -2.26. The normalized spacial score (nSPS) is 14.5. The van der Waals surface area contributed by atoms with Crippen LogP contribution in [-0.2, 0) is 11.3 Å². The van der Waals surface area contributed by atoms with Crippen molar-refractivity contribution < 1.29 is 4.74 Å². The molecule has 3 heterocycles. The lowest BCUT2D eigenvalue weighted by atomic mass is 10.2. The first-order valence-electron chi connectivity index (χ1n) is 8.42. The van der Waals surface area contributed by atoms with Crippen LogP contribution in [0.5, 0.6) is 0 Å². The van der Waals surface area contributed by atoms with Gasteiger partial charge in [0.2, 0.25) is 5.95 Å². The van der Waals surface area contributed by atoms with Gasteiger partial charge in [-0.15, -0.1) is 11.3 Å². The van der Waals surface area contributed by atoms with Crippen LogP contribution in [0.15, 0.2) is 54.7 Å². The molecule has 0 saturated carbocycles. The molecule has 6 heteroatoms. The second kappa shape index (κ2) is 7.63. The number of rotatable bonds is 5. The molecular weight excluding hydrogens is 332 g/mol. The van der Waals surface area contributed by atoms with E-state index in [1.54, 1.807) is 11.3 Å². The topological polar surface area (TPSA) is 50.3 Å². The fourth-order valence-electron chi connectivity index (χ4n) is 2.77. The molecule has 0 amide bonds. The molecule has 3 aromatic rings. The second-order valence-corrected chi connectivity index (χ2v) is 7.00. The SMILES string of the molecule is c1ccc(-c2ccc(CNc3ccnc(N4CCOCC4)n3)s2)cc1. The molecule has 0 radical (unpaired) electrons. The molecule has 25 heavy (non-hydrogen) atoms. The molecule has 1 aromatic carbocycles. The highest BCUT2D eigenvalue weighted by Gasteiger charge is 2.14. The number of thiophene rings is 1. The maximum Gasteiger partial charge on any atom is 0.227 e. The van der Waals surface area contributed by atoms with Crippen LogP contribution in [-0.4, -0.2) is 36.3 Å². The zero-order chi connectivity index (χ0) is 16.9. The van der Waals surface area contributed by atoms with Crippen LogP contribution in [0.25, 0.3) is 10.4 Å². The van der Waals surface area contributed by atoms with Crippen molar-refractivity contribution in [3.05, 3.63) is 59.6 Å². The van der Waals surface area contributed by atoms with E-state index in [1.807, 2.05) is 18.3 Å². The standard InChI is InChI=1S/C19H20N4OS/c1-2-4-15(5-3-1)17-7-6-16(25-17)14-21-18-8-9-20-19(22-18)23-10-12-24-13-11-23/h1-9H,10-14H2,(H,20,21,22). The summed E-state index contributed by atoms with van der Waals surface area (Å²) in [6.45, 7) is 3.91. The number of nitrogens with one attached hydrogen (secondary N) is 1. The minimum atomic E-state index is 0.735. The van der Waals surface area contributed by atoms with Crippen molar-refractivity contribution in [2.75, 3.05) is 36.5 Å². The lowest BCUT2D eigenvalue weighted by molar-refractivity contribution is 0.122. The van der Waals surface area contributed by atoms with Gasteiger partial charge >= 0.3 is 0 Å². The van der Waals surface area contributed by atoms with Crippen LogP contribution in [0, 0.1) is 0 Å². The van der Waals surface area contributed by atoms with Gasteiger partial charge in [0.05, 0.1) is 19.8 Å². The van der Waals surface area contributed by atoms with Crippen LogP contribution in [0.2, 0.25) is 0 Å². The van der Waals surface area contributed by atoms with Crippen molar-refractivity contribution in [1.82, 2.24) is 9.97 Å². The molecule has 0 spiro atoms. The molecule has 5 nitrogen and oxygen atoms in total. The number of ether oxygens (including phenoxy) is 1. The molecule has 1 saturated heterocycles. The maximum absolute atomic E-state index is 5.38. The third-order valence-corrected chi connectivity index (χ3v) is 5.23. The van der Waals surface area contributed by atoms with Gasteiger partial charge in [-0.3, -0.25) is 0 Å². The average molecular weight is 352 g/mol. The molecule has 2 aromatic heterocycles. The molecule has 0 atom stereocenters. The van der Waals surface area contributed by atoms with E-state index in [1.165, 1.54) is 15.3 Å². The highest BCUT2D eigenvalue weighted by Crippen LogP contribution is 2.28. The smallest absolute Gasteiger partial charge is 0.227 e. The van der Waals surface area contributed by atoms with Crippen molar-refractivity contribution in [2.45, 2.75) is 6.54 Å². The summed E-state index contributed by atoms with van der Waals surface area (Å²) in [4.78, 5) is 13.7. The summed E-state index contributed by atoms with van der Waals surface area (Å²) in [5.41, 5.74) is 1.26. The van der Waals surface area contributed by atoms with Gasteiger partial charge in [0.25, 0.3) is 0 Å². The fraction of sp³-hybridized carbons (Fsp3) is 0.263. The van der Waals surface area contributed by atoms with Gasteiger partial charge in [-0.2, -0.15) is 4.98 Å². The highest BCUT2D eigenvalue weighted by atomic mass is 32.1. The monoisotopic (exact) mass is 352 g/mol. The summed E-state index contributed by atoms with van der Waals surface area (Å²) in [5, 5.41) is 3.41. The Morgan fingerprint density at radius 1 is 1.04 bits per heavy atom. The van der Waals surface area contributed by atoms with Crippen LogP contribution >= 0.6 is 11.3 Å². The van der Waals surface area contributed by atoms with Gasteiger partial charge in [0.1, 0.15) is 5.82 Å². The Labute approximate surface area is 151 Å². The highest BCUT2D eigenvalue weighted by molar-refractivity contribution is 7.15. The Hall–Kier alpha value is -2.44. The van der Waals surface area contributed by atoms with Crippen LogP contribution < -0.4 is 10.2 Å². The van der Waals surface area contributed by atoms with Crippen LogP contribution in [0.1, 0.15) is 4.88 Å². The third-order valence-electron chi connectivity index (χ3n) is 4.10. The van der Waals surface area contributed by atoms with E-state index in [-0.39, 0.29) is 0 Å². The summed E-state index contributed by atoms with van der Waals surface area (Å²) in [7, 11) is 0.